The Labute approximate surface area is 92.5 Å². The maximum Gasteiger partial charge on any atom is 0.112 e. The molecule has 2 N–H and O–H groups in total. The van der Waals surface area contributed by atoms with Crippen molar-refractivity contribution in [3.63, 3.8) is 0 Å². The SMILES string of the molecule is OC1=CC=CN(c2ccc3cn[nH]c3c2)C1. The highest BCUT2D eigenvalue weighted by molar-refractivity contribution is 5.82. The van der Waals surface area contributed by atoms with Crippen molar-refractivity contribution < 1.29 is 5.11 Å². The smallest absolute Gasteiger partial charge is 0.112 e. The summed E-state index contributed by atoms with van der Waals surface area (Å²) in [6.07, 6.45) is 7.26. The Morgan fingerprint density at radius 2 is 2.31 bits per heavy atom. The van der Waals surface area contributed by atoms with Gasteiger partial charge >= 0.3 is 0 Å². The zero-order valence-electron chi connectivity index (χ0n) is 8.59. The van der Waals surface area contributed by atoms with Crippen molar-refractivity contribution in [2.45, 2.75) is 0 Å². The van der Waals surface area contributed by atoms with Gasteiger partial charge in [-0.15, -0.1) is 0 Å². The molecule has 2 heterocycles. The van der Waals surface area contributed by atoms with Crippen molar-refractivity contribution >= 4 is 16.6 Å². The number of aromatic nitrogens is 2. The molecule has 3 rings (SSSR count). The zero-order chi connectivity index (χ0) is 11.0. The van der Waals surface area contributed by atoms with E-state index in [9.17, 15) is 5.11 Å². The van der Waals surface area contributed by atoms with Gasteiger partial charge in [-0.25, -0.2) is 0 Å². The first kappa shape index (κ1) is 9.03. The second kappa shape index (κ2) is 3.41. The van der Waals surface area contributed by atoms with E-state index in [1.165, 1.54) is 0 Å². The first-order valence-corrected chi connectivity index (χ1v) is 5.09. The van der Waals surface area contributed by atoms with Gasteiger partial charge in [0.25, 0.3) is 0 Å². The molecule has 0 amide bonds. The van der Waals surface area contributed by atoms with Gasteiger partial charge in [0.05, 0.1) is 18.3 Å². The van der Waals surface area contributed by atoms with Crippen LogP contribution >= 0.6 is 0 Å². The number of anilines is 1. The third kappa shape index (κ3) is 1.44. The van der Waals surface area contributed by atoms with Gasteiger partial charge in [-0.2, -0.15) is 5.10 Å². The minimum atomic E-state index is 0.368. The van der Waals surface area contributed by atoms with Gasteiger partial charge in [-0.3, -0.25) is 5.10 Å². The highest BCUT2D eigenvalue weighted by Crippen LogP contribution is 2.22. The molecule has 0 radical (unpaired) electrons. The Balaban J connectivity index is 2.00. The van der Waals surface area contributed by atoms with E-state index in [4.69, 9.17) is 0 Å². The van der Waals surface area contributed by atoms with Crippen LogP contribution in [0, 0.1) is 0 Å². The molecule has 0 saturated heterocycles. The molecule has 4 nitrogen and oxygen atoms in total. The molecular formula is C12H11N3O. The number of allylic oxidation sites excluding steroid dienone is 2. The fourth-order valence-corrected chi connectivity index (χ4v) is 1.82. The van der Waals surface area contributed by atoms with Crippen LogP contribution in [0.1, 0.15) is 0 Å². The Bertz CT molecular complexity index is 583. The molecule has 0 spiro atoms. The average Bonchev–Trinajstić information content (AvgIpc) is 2.75. The maximum atomic E-state index is 9.46. The predicted octanol–water partition coefficient (Wildman–Crippen LogP) is 2.34. The Hall–Kier alpha value is -2.23. The second-order valence-electron chi connectivity index (χ2n) is 3.77. The van der Waals surface area contributed by atoms with Crippen molar-refractivity contribution in [1.29, 1.82) is 0 Å². The van der Waals surface area contributed by atoms with Crippen LogP contribution in [-0.2, 0) is 0 Å². The number of rotatable bonds is 1. The highest BCUT2D eigenvalue weighted by atomic mass is 16.3. The molecule has 0 saturated carbocycles. The first-order valence-electron chi connectivity index (χ1n) is 5.09. The molecule has 0 atom stereocenters. The quantitative estimate of drug-likeness (QED) is 0.764. The van der Waals surface area contributed by atoms with E-state index in [0.29, 0.717) is 12.3 Å². The number of aliphatic hydroxyl groups is 1. The average molecular weight is 213 g/mol. The van der Waals surface area contributed by atoms with Gasteiger partial charge in [0.2, 0.25) is 0 Å². The summed E-state index contributed by atoms with van der Waals surface area (Å²) in [6.45, 7) is 0.510. The summed E-state index contributed by atoms with van der Waals surface area (Å²) in [5.41, 5.74) is 2.03. The lowest BCUT2D eigenvalue weighted by Gasteiger charge is -2.22. The van der Waals surface area contributed by atoms with Gasteiger partial charge in [0.15, 0.2) is 0 Å². The Kier molecular flexibility index (Phi) is 1.93. The molecule has 1 aliphatic heterocycles. The topological polar surface area (TPSA) is 52.1 Å². The van der Waals surface area contributed by atoms with Crippen LogP contribution < -0.4 is 4.90 Å². The van der Waals surface area contributed by atoms with Crippen LogP contribution in [-0.4, -0.2) is 21.8 Å². The third-order valence-corrected chi connectivity index (χ3v) is 2.64. The van der Waals surface area contributed by atoms with Gasteiger partial charge in [0, 0.05) is 17.3 Å². The van der Waals surface area contributed by atoms with Crippen LogP contribution in [0.4, 0.5) is 5.69 Å². The van der Waals surface area contributed by atoms with Crippen molar-refractivity contribution in [3.05, 3.63) is 48.5 Å². The van der Waals surface area contributed by atoms with E-state index >= 15 is 0 Å². The minimum Gasteiger partial charge on any atom is -0.510 e. The summed E-state index contributed by atoms with van der Waals surface area (Å²) in [5.74, 6) is 0.368. The summed E-state index contributed by atoms with van der Waals surface area (Å²) in [7, 11) is 0. The van der Waals surface area contributed by atoms with Crippen LogP contribution in [0.15, 0.2) is 48.5 Å². The van der Waals surface area contributed by atoms with E-state index in [0.717, 1.165) is 16.6 Å². The number of nitrogens with zero attached hydrogens (tertiary/aromatic N) is 2. The summed E-state index contributed by atoms with van der Waals surface area (Å²) in [6, 6.07) is 6.05. The predicted molar refractivity (Wildman–Crippen MR) is 63.3 cm³/mol. The van der Waals surface area contributed by atoms with E-state index in [1.807, 2.05) is 35.4 Å². The summed E-state index contributed by atoms with van der Waals surface area (Å²) in [4.78, 5) is 1.98. The number of hydrogen-bond donors (Lipinski definition) is 2. The standard InChI is InChI=1S/C12H11N3O/c16-11-2-1-5-15(8-11)10-4-3-9-7-13-14-12(9)6-10/h1-7,16H,8H2,(H,13,14). The van der Waals surface area contributed by atoms with Crippen LogP contribution in [0.3, 0.4) is 0 Å². The molecule has 1 aliphatic rings. The fraction of sp³-hybridized carbons (Fsp3) is 0.0833. The number of aromatic amines is 1. The van der Waals surface area contributed by atoms with Crippen LogP contribution in [0.2, 0.25) is 0 Å². The molecule has 1 aromatic heterocycles. The highest BCUT2D eigenvalue weighted by Gasteiger charge is 2.09. The van der Waals surface area contributed by atoms with Gasteiger partial charge in [0.1, 0.15) is 5.76 Å². The molecule has 80 valence electrons. The second-order valence-corrected chi connectivity index (χ2v) is 3.77. The van der Waals surface area contributed by atoms with Gasteiger partial charge in [-0.1, -0.05) is 0 Å². The largest absolute Gasteiger partial charge is 0.510 e. The molecule has 2 aromatic rings. The summed E-state index contributed by atoms with van der Waals surface area (Å²) in [5, 5.41) is 17.5. The van der Waals surface area contributed by atoms with Crippen molar-refractivity contribution in [2.75, 3.05) is 11.4 Å². The van der Waals surface area contributed by atoms with Crippen LogP contribution in [0.25, 0.3) is 10.9 Å². The molecule has 0 bridgehead atoms. The number of H-pyrrole nitrogens is 1. The van der Waals surface area contributed by atoms with Crippen molar-refractivity contribution in [1.82, 2.24) is 10.2 Å². The molecule has 0 aliphatic carbocycles. The maximum absolute atomic E-state index is 9.46. The Morgan fingerprint density at radius 3 is 3.19 bits per heavy atom. The monoisotopic (exact) mass is 213 g/mol. The summed E-state index contributed by atoms with van der Waals surface area (Å²) < 4.78 is 0. The van der Waals surface area contributed by atoms with E-state index in [2.05, 4.69) is 10.2 Å². The molecule has 0 unspecified atom stereocenters. The van der Waals surface area contributed by atoms with Gasteiger partial charge < -0.3 is 10.0 Å². The number of aliphatic hydroxyl groups excluding tert-OH is 1. The normalized spacial score (nSPS) is 15.5. The van der Waals surface area contributed by atoms with E-state index < -0.39 is 0 Å². The number of hydrogen-bond acceptors (Lipinski definition) is 3. The minimum absolute atomic E-state index is 0.368. The van der Waals surface area contributed by atoms with E-state index in [-0.39, 0.29) is 0 Å². The van der Waals surface area contributed by atoms with Crippen molar-refractivity contribution in [3.8, 4) is 0 Å². The van der Waals surface area contributed by atoms with Gasteiger partial charge in [-0.05, 0) is 30.4 Å². The molecule has 16 heavy (non-hydrogen) atoms. The zero-order valence-corrected chi connectivity index (χ0v) is 8.59. The van der Waals surface area contributed by atoms with E-state index in [1.54, 1.807) is 12.3 Å². The summed E-state index contributed by atoms with van der Waals surface area (Å²) >= 11 is 0. The number of benzene rings is 1. The molecule has 4 heteroatoms. The fourth-order valence-electron chi connectivity index (χ4n) is 1.82. The molecular weight excluding hydrogens is 202 g/mol. The lowest BCUT2D eigenvalue weighted by atomic mass is 10.2. The third-order valence-electron chi connectivity index (χ3n) is 2.64. The van der Waals surface area contributed by atoms with Crippen molar-refractivity contribution in [2.24, 2.45) is 0 Å². The first-order chi connectivity index (χ1) is 7.83. The van der Waals surface area contributed by atoms with Crippen LogP contribution in [0.5, 0.6) is 0 Å². The lowest BCUT2D eigenvalue weighted by molar-refractivity contribution is 0.401. The number of fused-ring (bicyclic) bond motifs is 1. The lowest BCUT2D eigenvalue weighted by Crippen LogP contribution is -2.20. The molecule has 1 aromatic carbocycles. The number of nitrogens with one attached hydrogen (secondary N) is 1. The molecule has 0 fully saturated rings. The Morgan fingerprint density at radius 1 is 1.38 bits per heavy atom.